The third kappa shape index (κ3) is 5.07. The van der Waals surface area contributed by atoms with E-state index < -0.39 is 26.6 Å². The number of hydrogen-bond acceptors (Lipinski definition) is 4. The molecule has 0 saturated heterocycles. The number of anilines is 1. The summed E-state index contributed by atoms with van der Waals surface area (Å²) in [7, 11) is -4.44. The van der Waals surface area contributed by atoms with Crippen molar-refractivity contribution in [2.75, 3.05) is 4.72 Å². The van der Waals surface area contributed by atoms with Gasteiger partial charge in [0.15, 0.2) is 10.6 Å². The first kappa shape index (κ1) is 22.7. The van der Waals surface area contributed by atoms with Gasteiger partial charge in [-0.2, -0.15) is 0 Å². The summed E-state index contributed by atoms with van der Waals surface area (Å²) in [5, 5.41) is -0.587. The molecule has 2 aromatic carbocycles. The second kappa shape index (κ2) is 8.82. The number of benzene rings is 2. The molecule has 0 aliphatic heterocycles. The van der Waals surface area contributed by atoms with E-state index in [1.165, 1.54) is 19.1 Å². The Morgan fingerprint density at radius 1 is 0.926 bits per heavy atom. The number of ether oxygens (including phenoxy) is 1. The van der Waals surface area contributed by atoms with Gasteiger partial charge in [0.25, 0.3) is 10.0 Å². The minimum absolute atomic E-state index is 0.0238. The summed E-state index contributed by atoms with van der Waals surface area (Å²) in [6.45, 7) is 1.52. The highest BCUT2D eigenvalue weighted by Gasteiger charge is 2.30. The molecule has 0 aromatic heterocycles. The third-order valence-electron chi connectivity index (χ3n) is 3.11. The standard InChI is InChI=1S/C15H9Cl6NO4S/c1-2-12(23)26-14-10(20)4-9(19)13(21)15(14)27(24,25)22-11-5-7(17)6(16)3-8(11)18/h3-5,22H,2H2,1H3. The second-order valence-electron chi connectivity index (χ2n) is 4.99. The summed E-state index contributed by atoms with van der Waals surface area (Å²) in [4.78, 5) is 11.1. The third-order valence-corrected chi connectivity index (χ3v) is 6.74. The molecule has 0 spiro atoms. The Kier molecular flexibility index (Phi) is 7.41. The van der Waals surface area contributed by atoms with Crippen LogP contribution in [0.1, 0.15) is 13.3 Å². The number of esters is 1. The number of carbonyl (C=O) groups excluding carboxylic acids is 1. The lowest BCUT2D eigenvalue weighted by Gasteiger charge is -2.16. The normalized spacial score (nSPS) is 11.4. The zero-order valence-electron chi connectivity index (χ0n) is 13.2. The summed E-state index contributed by atoms with van der Waals surface area (Å²) >= 11 is 35.7. The van der Waals surface area contributed by atoms with Crippen LogP contribution in [0.2, 0.25) is 30.1 Å². The van der Waals surface area contributed by atoms with Gasteiger partial charge in [-0.05, 0) is 18.2 Å². The van der Waals surface area contributed by atoms with Crippen molar-refractivity contribution in [3.05, 3.63) is 48.3 Å². The van der Waals surface area contributed by atoms with Crippen molar-refractivity contribution in [1.29, 1.82) is 0 Å². The van der Waals surface area contributed by atoms with Crippen LogP contribution < -0.4 is 9.46 Å². The molecule has 2 rings (SSSR count). The van der Waals surface area contributed by atoms with Crippen molar-refractivity contribution < 1.29 is 17.9 Å². The Labute approximate surface area is 185 Å². The number of rotatable bonds is 5. The van der Waals surface area contributed by atoms with Crippen LogP contribution in [0.5, 0.6) is 5.75 Å². The van der Waals surface area contributed by atoms with Crippen LogP contribution >= 0.6 is 69.6 Å². The van der Waals surface area contributed by atoms with Crippen LogP contribution in [0.15, 0.2) is 23.1 Å². The molecular formula is C15H9Cl6NO4S. The van der Waals surface area contributed by atoms with E-state index in [-0.39, 0.29) is 42.2 Å². The predicted octanol–water partition coefficient (Wildman–Crippen LogP) is 6.72. The fourth-order valence-electron chi connectivity index (χ4n) is 1.87. The fraction of sp³-hybridized carbons (Fsp3) is 0.133. The van der Waals surface area contributed by atoms with Crippen LogP contribution in [-0.4, -0.2) is 14.4 Å². The van der Waals surface area contributed by atoms with Crippen molar-refractivity contribution in [2.45, 2.75) is 18.2 Å². The number of hydrogen-bond donors (Lipinski definition) is 1. The zero-order chi connectivity index (χ0) is 20.5. The molecule has 0 atom stereocenters. The predicted molar refractivity (Wildman–Crippen MR) is 110 cm³/mol. The molecule has 27 heavy (non-hydrogen) atoms. The van der Waals surface area contributed by atoms with Gasteiger partial charge in [0.2, 0.25) is 0 Å². The molecule has 12 heteroatoms. The first-order valence-electron chi connectivity index (χ1n) is 7.03. The Hall–Kier alpha value is -0.600. The number of halogens is 6. The minimum Gasteiger partial charge on any atom is -0.423 e. The molecule has 0 aliphatic carbocycles. The lowest BCUT2D eigenvalue weighted by atomic mass is 10.3. The summed E-state index contributed by atoms with van der Waals surface area (Å²) in [5.74, 6) is -1.18. The second-order valence-corrected chi connectivity index (χ2v) is 9.02. The van der Waals surface area contributed by atoms with E-state index in [9.17, 15) is 13.2 Å². The highest BCUT2D eigenvalue weighted by molar-refractivity contribution is 7.93. The molecule has 0 saturated carbocycles. The van der Waals surface area contributed by atoms with E-state index in [0.29, 0.717) is 0 Å². The maximum atomic E-state index is 12.9. The van der Waals surface area contributed by atoms with Crippen LogP contribution in [-0.2, 0) is 14.8 Å². The molecule has 5 nitrogen and oxygen atoms in total. The number of nitrogens with one attached hydrogen (secondary N) is 1. The smallest absolute Gasteiger partial charge is 0.310 e. The molecular weight excluding hydrogens is 503 g/mol. The lowest BCUT2D eigenvalue weighted by molar-refractivity contribution is -0.134. The molecule has 0 amide bonds. The average molecular weight is 512 g/mol. The number of carbonyl (C=O) groups is 1. The van der Waals surface area contributed by atoms with E-state index in [1.807, 2.05) is 0 Å². The quantitative estimate of drug-likeness (QED) is 0.274. The van der Waals surface area contributed by atoms with Crippen LogP contribution in [0.25, 0.3) is 0 Å². The van der Waals surface area contributed by atoms with Gasteiger partial charge in [0, 0.05) is 6.42 Å². The molecule has 1 N–H and O–H groups in total. The summed E-state index contributed by atoms with van der Waals surface area (Å²) in [6, 6.07) is 3.63. The minimum atomic E-state index is -4.44. The van der Waals surface area contributed by atoms with Crippen LogP contribution in [0.4, 0.5) is 5.69 Å². The van der Waals surface area contributed by atoms with Crippen LogP contribution in [0.3, 0.4) is 0 Å². The van der Waals surface area contributed by atoms with Gasteiger partial charge < -0.3 is 4.74 Å². The lowest BCUT2D eigenvalue weighted by Crippen LogP contribution is -2.17. The van der Waals surface area contributed by atoms with Gasteiger partial charge in [-0.25, -0.2) is 8.42 Å². The summed E-state index contributed by atoms with van der Waals surface area (Å²) in [5.41, 5.74) is -0.0778. The topological polar surface area (TPSA) is 72.5 Å². The van der Waals surface area contributed by atoms with E-state index in [4.69, 9.17) is 74.3 Å². The van der Waals surface area contributed by atoms with Gasteiger partial charge in [0.05, 0.1) is 35.8 Å². The zero-order valence-corrected chi connectivity index (χ0v) is 18.6. The van der Waals surface area contributed by atoms with Crippen molar-refractivity contribution in [3.8, 4) is 5.75 Å². The van der Waals surface area contributed by atoms with Gasteiger partial charge in [0.1, 0.15) is 0 Å². The first-order chi connectivity index (χ1) is 12.5. The summed E-state index contributed by atoms with van der Waals surface area (Å²) < 4.78 is 33.1. The van der Waals surface area contributed by atoms with Crippen molar-refractivity contribution >= 4 is 91.3 Å². The molecule has 0 radical (unpaired) electrons. The molecule has 146 valence electrons. The largest absolute Gasteiger partial charge is 0.423 e. The van der Waals surface area contributed by atoms with E-state index in [1.54, 1.807) is 0 Å². The maximum Gasteiger partial charge on any atom is 0.310 e. The fourth-order valence-corrected chi connectivity index (χ4v) is 4.89. The molecule has 0 heterocycles. The van der Waals surface area contributed by atoms with Gasteiger partial charge >= 0.3 is 5.97 Å². The Balaban J connectivity index is 2.64. The average Bonchev–Trinajstić information content (AvgIpc) is 2.57. The Morgan fingerprint density at radius 2 is 1.48 bits per heavy atom. The molecule has 0 unspecified atom stereocenters. The Bertz CT molecular complexity index is 1030. The molecule has 2 aromatic rings. The van der Waals surface area contributed by atoms with Crippen molar-refractivity contribution in [1.82, 2.24) is 0 Å². The highest BCUT2D eigenvalue weighted by atomic mass is 35.5. The summed E-state index contributed by atoms with van der Waals surface area (Å²) in [6.07, 6.45) is -0.0257. The first-order valence-corrected chi connectivity index (χ1v) is 10.8. The SMILES string of the molecule is CCC(=O)Oc1c(Cl)cc(Cl)c(Cl)c1S(=O)(=O)Nc1cc(Cl)c(Cl)cc1Cl. The highest BCUT2D eigenvalue weighted by Crippen LogP contribution is 2.43. The van der Waals surface area contributed by atoms with E-state index in [2.05, 4.69) is 4.72 Å². The Morgan fingerprint density at radius 3 is 2.07 bits per heavy atom. The van der Waals surface area contributed by atoms with Gasteiger partial charge in [-0.3, -0.25) is 9.52 Å². The van der Waals surface area contributed by atoms with Gasteiger partial charge in [-0.1, -0.05) is 76.5 Å². The molecule has 0 fully saturated rings. The monoisotopic (exact) mass is 509 g/mol. The van der Waals surface area contributed by atoms with Crippen molar-refractivity contribution in [3.63, 3.8) is 0 Å². The van der Waals surface area contributed by atoms with Crippen LogP contribution in [0, 0.1) is 0 Å². The van der Waals surface area contributed by atoms with E-state index >= 15 is 0 Å². The maximum absolute atomic E-state index is 12.9. The molecule has 0 aliphatic rings. The van der Waals surface area contributed by atoms with E-state index in [0.717, 1.165) is 6.07 Å². The van der Waals surface area contributed by atoms with Gasteiger partial charge in [-0.15, -0.1) is 0 Å². The molecule has 0 bridgehead atoms. The number of sulfonamides is 1. The van der Waals surface area contributed by atoms with Crippen molar-refractivity contribution in [2.24, 2.45) is 0 Å².